The second kappa shape index (κ2) is 12.2. The summed E-state index contributed by atoms with van der Waals surface area (Å²) in [6.45, 7) is 2.12. The normalized spacial score (nSPS) is 18.8. The van der Waals surface area contributed by atoms with Gasteiger partial charge in [-0.2, -0.15) is 0 Å². The summed E-state index contributed by atoms with van der Waals surface area (Å²) in [4.78, 5) is 36.2. The van der Waals surface area contributed by atoms with Gasteiger partial charge in [-0.1, -0.05) is 91.3 Å². The van der Waals surface area contributed by atoms with Gasteiger partial charge in [-0.3, -0.25) is 14.4 Å². The van der Waals surface area contributed by atoms with E-state index in [0.717, 1.165) is 24.0 Å². The summed E-state index contributed by atoms with van der Waals surface area (Å²) in [5, 5.41) is 14.4. The van der Waals surface area contributed by atoms with Crippen molar-refractivity contribution in [1.82, 2.24) is 10.4 Å². The number of hydroxylamine groups is 1. The van der Waals surface area contributed by atoms with Gasteiger partial charge >= 0.3 is 0 Å². The van der Waals surface area contributed by atoms with Crippen molar-refractivity contribution in [2.75, 3.05) is 6.54 Å². The number of aryl methyl sites for hydroxylation is 1. The third kappa shape index (κ3) is 5.98. The zero-order chi connectivity index (χ0) is 26.2. The van der Waals surface area contributed by atoms with E-state index < -0.39 is 30.0 Å². The largest absolute Gasteiger partial charge is 0.390 e. The monoisotopic (exact) mass is 499 g/mol. The molecule has 4 rings (SSSR count). The Balaban J connectivity index is 1.58. The molecule has 2 amide bonds. The molecule has 9 heteroatoms. The van der Waals surface area contributed by atoms with Crippen LogP contribution in [-0.4, -0.2) is 46.6 Å². The van der Waals surface area contributed by atoms with Crippen LogP contribution < -0.4 is 5.48 Å². The van der Waals surface area contributed by atoms with Crippen LogP contribution in [0.15, 0.2) is 84.0 Å². The summed E-state index contributed by atoms with van der Waals surface area (Å²) in [5.41, 5.74) is 15.3. The van der Waals surface area contributed by atoms with E-state index in [1.807, 2.05) is 66.7 Å². The Morgan fingerprint density at radius 1 is 1.05 bits per heavy atom. The van der Waals surface area contributed by atoms with Crippen LogP contribution in [0.1, 0.15) is 34.8 Å². The topological polar surface area (TPSA) is 128 Å². The molecule has 0 aliphatic carbocycles. The SMILES string of the molecule is CCCc1ccc(-c2ccccc2C(=O)N2C[C@@H](N=[N+]=[N-])[C@H](O)[C@H]2C(=O)NOCc2ccccc2)cc1. The minimum Gasteiger partial charge on any atom is -0.390 e. The molecule has 2 N–H and O–H groups in total. The van der Waals surface area contributed by atoms with Crippen molar-refractivity contribution in [3.05, 3.63) is 106 Å². The number of hydrogen-bond acceptors (Lipinski definition) is 5. The van der Waals surface area contributed by atoms with Gasteiger partial charge in [0.1, 0.15) is 6.04 Å². The molecule has 0 saturated carbocycles. The summed E-state index contributed by atoms with van der Waals surface area (Å²) in [5.74, 6) is -1.15. The van der Waals surface area contributed by atoms with Gasteiger partial charge in [0.2, 0.25) is 0 Å². The van der Waals surface area contributed by atoms with Crippen LogP contribution in [0.4, 0.5) is 0 Å². The first kappa shape index (κ1) is 25.9. The van der Waals surface area contributed by atoms with Crippen molar-refractivity contribution in [3.8, 4) is 11.1 Å². The maximum absolute atomic E-state index is 13.8. The number of aliphatic hydroxyl groups is 1. The van der Waals surface area contributed by atoms with Crippen LogP contribution in [-0.2, 0) is 22.7 Å². The number of carbonyl (C=O) groups excluding carboxylic acids is 2. The summed E-state index contributed by atoms with van der Waals surface area (Å²) >= 11 is 0. The van der Waals surface area contributed by atoms with Crippen molar-refractivity contribution in [1.29, 1.82) is 0 Å². The number of nitrogens with zero attached hydrogens (tertiary/aromatic N) is 4. The third-order valence-electron chi connectivity index (χ3n) is 6.38. The highest BCUT2D eigenvalue weighted by atomic mass is 16.7. The Kier molecular flexibility index (Phi) is 8.53. The van der Waals surface area contributed by atoms with Crippen LogP contribution in [0, 0.1) is 0 Å². The van der Waals surface area contributed by atoms with Crippen molar-refractivity contribution in [3.63, 3.8) is 0 Å². The molecule has 1 saturated heterocycles. The van der Waals surface area contributed by atoms with Gasteiger partial charge in [0.05, 0.1) is 18.8 Å². The maximum Gasteiger partial charge on any atom is 0.269 e. The third-order valence-corrected chi connectivity index (χ3v) is 6.38. The van der Waals surface area contributed by atoms with Crippen LogP contribution in [0.2, 0.25) is 0 Å². The Hall–Kier alpha value is -4.17. The number of azide groups is 1. The lowest BCUT2D eigenvalue weighted by molar-refractivity contribution is -0.141. The molecule has 0 spiro atoms. The molecule has 0 bridgehead atoms. The smallest absolute Gasteiger partial charge is 0.269 e. The highest BCUT2D eigenvalue weighted by molar-refractivity contribution is 6.03. The average Bonchev–Trinajstić information content (AvgIpc) is 3.25. The standard InChI is InChI=1S/C28H29N5O4/c1-2-8-19-13-15-21(16-14-19)22-11-6-7-12-23(22)28(36)33-17-24(30-32-29)26(34)25(33)27(35)31-37-18-20-9-4-3-5-10-20/h3-7,9-16,24-26,34H,2,8,17-18H2,1H3,(H,31,35)/t24-,25+,26+/m1/s1. The van der Waals surface area contributed by atoms with Crippen molar-refractivity contribution in [2.45, 2.75) is 44.6 Å². The number of carbonyl (C=O) groups is 2. The molecule has 9 nitrogen and oxygen atoms in total. The van der Waals surface area contributed by atoms with Crippen molar-refractivity contribution in [2.24, 2.45) is 5.11 Å². The van der Waals surface area contributed by atoms with Crippen molar-refractivity contribution < 1.29 is 19.5 Å². The maximum atomic E-state index is 13.8. The predicted molar refractivity (Wildman–Crippen MR) is 139 cm³/mol. The van der Waals surface area contributed by atoms with Gasteiger partial charge in [-0.15, -0.1) is 0 Å². The Bertz CT molecular complexity index is 1280. The fourth-order valence-electron chi connectivity index (χ4n) is 4.54. The van der Waals surface area contributed by atoms with E-state index in [-0.39, 0.29) is 13.2 Å². The molecule has 0 aromatic heterocycles. The van der Waals surface area contributed by atoms with Gasteiger partial charge in [0.15, 0.2) is 0 Å². The molecule has 1 aliphatic heterocycles. The van der Waals surface area contributed by atoms with E-state index in [1.54, 1.807) is 12.1 Å². The van der Waals surface area contributed by atoms with Crippen LogP contribution in [0.25, 0.3) is 21.6 Å². The first-order valence-electron chi connectivity index (χ1n) is 12.2. The minimum absolute atomic E-state index is 0.107. The van der Waals surface area contributed by atoms with Crippen LogP contribution >= 0.6 is 0 Å². The average molecular weight is 500 g/mol. The number of hydrogen-bond donors (Lipinski definition) is 2. The molecule has 3 aromatic carbocycles. The minimum atomic E-state index is -1.39. The second-order valence-corrected chi connectivity index (χ2v) is 8.90. The highest BCUT2D eigenvalue weighted by Gasteiger charge is 2.47. The lowest BCUT2D eigenvalue weighted by atomic mass is 9.97. The van der Waals surface area contributed by atoms with E-state index in [0.29, 0.717) is 11.1 Å². The summed E-state index contributed by atoms with van der Waals surface area (Å²) in [6, 6.07) is 22.1. The fraction of sp³-hybridized carbons (Fsp3) is 0.286. The van der Waals surface area contributed by atoms with Crippen LogP contribution in [0.3, 0.4) is 0 Å². The molecular formula is C28H29N5O4. The Labute approximate surface area is 215 Å². The Morgan fingerprint density at radius 2 is 1.76 bits per heavy atom. The molecule has 1 aliphatic rings. The van der Waals surface area contributed by atoms with E-state index in [2.05, 4.69) is 22.4 Å². The molecule has 1 heterocycles. The number of benzene rings is 3. The van der Waals surface area contributed by atoms with Crippen molar-refractivity contribution >= 4 is 11.8 Å². The number of rotatable bonds is 9. The highest BCUT2D eigenvalue weighted by Crippen LogP contribution is 2.29. The summed E-state index contributed by atoms with van der Waals surface area (Å²) < 4.78 is 0. The van der Waals surface area contributed by atoms with E-state index in [1.165, 1.54) is 10.5 Å². The predicted octanol–water partition coefficient (Wildman–Crippen LogP) is 4.42. The zero-order valence-electron chi connectivity index (χ0n) is 20.5. The quantitative estimate of drug-likeness (QED) is 0.195. The first-order chi connectivity index (χ1) is 18.0. The summed E-state index contributed by atoms with van der Waals surface area (Å²) in [6.07, 6.45) is 0.619. The molecule has 190 valence electrons. The second-order valence-electron chi connectivity index (χ2n) is 8.90. The number of nitrogens with one attached hydrogen (secondary N) is 1. The summed E-state index contributed by atoms with van der Waals surface area (Å²) in [7, 11) is 0. The fourth-order valence-corrected chi connectivity index (χ4v) is 4.54. The molecule has 0 radical (unpaired) electrons. The Morgan fingerprint density at radius 3 is 2.46 bits per heavy atom. The van der Waals surface area contributed by atoms with E-state index in [9.17, 15) is 14.7 Å². The number of amides is 2. The molecular weight excluding hydrogens is 470 g/mol. The molecule has 0 unspecified atom stereocenters. The van der Waals surface area contributed by atoms with E-state index >= 15 is 0 Å². The van der Waals surface area contributed by atoms with Gasteiger partial charge in [0.25, 0.3) is 11.8 Å². The first-order valence-corrected chi connectivity index (χ1v) is 12.2. The lowest BCUT2D eigenvalue weighted by Crippen LogP contribution is -2.50. The number of likely N-dealkylation sites (tertiary alicyclic amines) is 1. The van der Waals surface area contributed by atoms with Crippen LogP contribution in [0.5, 0.6) is 0 Å². The van der Waals surface area contributed by atoms with Gasteiger partial charge in [-0.25, -0.2) is 5.48 Å². The zero-order valence-corrected chi connectivity index (χ0v) is 20.5. The van der Waals surface area contributed by atoms with Gasteiger partial charge in [0, 0.05) is 17.0 Å². The van der Waals surface area contributed by atoms with Gasteiger partial charge < -0.3 is 10.0 Å². The number of aliphatic hydroxyl groups excluding tert-OH is 1. The van der Waals surface area contributed by atoms with Gasteiger partial charge in [-0.05, 0) is 40.3 Å². The molecule has 3 atom stereocenters. The van der Waals surface area contributed by atoms with E-state index in [4.69, 9.17) is 10.4 Å². The molecule has 3 aromatic rings. The molecule has 37 heavy (non-hydrogen) atoms. The molecule has 1 fully saturated rings. The lowest BCUT2D eigenvalue weighted by Gasteiger charge is -2.26.